The Morgan fingerprint density at radius 2 is 2.04 bits per heavy atom. The smallest absolute Gasteiger partial charge is 0.255 e. The van der Waals surface area contributed by atoms with E-state index in [-0.39, 0.29) is 23.5 Å². The highest BCUT2D eigenvalue weighted by atomic mass is 79.9. The second-order valence-electron chi connectivity index (χ2n) is 6.31. The average molecular weight is 423 g/mol. The van der Waals surface area contributed by atoms with Crippen molar-refractivity contribution in [2.45, 2.75) is 19.4 Å². The molecule has 1 saturated heterocycles. The largest absolute Gasteiger partial charge is 0.338 e. The van der Waals surface area contributed by atoms with E-state index in [1.165, 1.54) is 4.90 Å². The van der Waals surface area contributed by atoms with Gasteiger partial charge in [-0.05, 0) is 37.6 Å². The zero-order valence-corrected chi connectivity index (χ0v) is 16.5. The van der Waals surface area contributed by atoms with Crippen LogP contribution in [0.1, 0.15) is 22.5 Å². The third-order valence-corrected chi connectivity index (χ3v) is 6.76. The lowest BCUT2D eigenvalue weighted by atomic mass is 10.1. The zero-order valence-electron chi connectivity index (χ0n) is 14.1. The Morgan fingerprint density at radius 3 is 2.64 bits per heavy atom. The maximum Gasteiger partial charge on any atom is 0.255 e. The Balaban J connectivity index is 1.84. The number of hydrogen-bond acceptors (Lipinski definition) is 4. The molecule has 1 unspecified atom stereocenters. The maximum absolute atomic E-state index is 12.7. The van der Waals surface area contributed by atoms with Gasteiger partial charge < -0.3 is 4.90 Å². The summed E-state index contributed by atoms with van der Waals surface area (Å²) >= 11 is 3.44. The number of rotatable bonds is 3. The number of carbonyl (C=O) groups is 1. The number of nitrogens with zero attached hydrogens (tertiary/aromatic N) is 2. The number of amides is 1. The minimum Gasteiger partial charge on any atom is -0.338 e. The normalized spacial score (nSPS) is 18.9. The second-order valence-corrected chi connectivity index (χ2v) is 9.46. The summed E-state index contributed by atoms with van der Waals surface area (Å²) in [6, 6.07) is 11.1. The summed E-state index contributed by atoms with van der Waals surface area (Å²) in [6.07, 6.45) is 0.493. The minimum absolute atomic E-state index is 0.0395. The summed E-state index contributed by atoms with van der Waals surface area (Å²) in [4.78, 5) is 18.8. The van der Waals surface area contributed by atoms with E-state index in [9.17, 15) is 13.2 Å². The molecule has 132 valence electrons. The fraction of sp³-hybridized carbons (Fsp3) is 0.333. The van der Waals surface area contributed by atoms with Crippen molar-refractivity contribution in [3.8, 4) is 11.3 Å². The van der Waals surface area contributed by atoms with Gasteiger partial charge in [0, 0.05) is 23.1 Å². The van der Waals surface area contributed by atoms with Crippen LogP contribution in [0.5, 0.6) is 0 Å². The first-order valence-corrected chi connectivity index (χ1v) is 10.6. The van der Waals surface area contributed by atoms with Crippen molar-refractivity contribution in [2.75, 3.05) is 18.6 Å². The second kappa shape index (κ2) is 6.88. The number of aryl methyl sites for hydroxylation is 1. The van der Waals surface area contributed by atoms with E-state index in [4.69, 9.17) is 0 Å². The molecule has 0 N–H and O–H groups in total. The monoisotopic (exact) mass is 422 g/mol. The molecule has 5 nitrogen and oxygen atoms in total. The Morgan fingerprint density at radius 1 is 1.28 bits per heavy atom. The van der Waals surface area contributed by atoms with Gasteiger partial charge >= 0.3 is 0 Å². The summed E-state index contributed by atoms with van der Waals surface area (Å²) in [6.45, 7) is 1.80. The molecule has 1 aromatic heterocycles. The molecule has 1 aromatic carbocycles. The van der Waals surface area contributed by atoms with Crippen molar-refractivity contribution in [3.63, 3.8) is 0 Å². The number of aromatic nitrogens is 1. The van der Waals surface area contributed by atoms with Crippen molar-refractivity contribution < 1.29 is 13.2 Å². The van der Waals surface area contributed by atoms with Gasteiger partial charge in [0.05, 0.1) is 28.5 Å². The van der Waals surface area contributed by atoms with Crippen LogP contribution < -0.4 is 0 Å². The van der Waals surface area contributed by atoms with E-state index < -0.39 is 9.84 Å². The molecule has 0 saturated carbocycles. The summed E-state index contributed by atoms with van der Waals surface area (Å²) in [5.74, 6) is -0.000447. The molecule has 1 fully saturated rings. The number of carbonyl (C=O) groups excluding carboxylic acids is 1. The van der Waals surface area contributed by atoms with Crippen LogP contribution in [0.2, 0.25) is 0 Å². The maximum atomic E-state index is 12.7. The van der Waals surface area contributed by atoms with Crippen LogP contribution in [0, 0.1) is 6.92 Å². The summed E-state index contributed by atoms with van der Waals surface area (Å²) in [7, 11) is -1.36. The van der Waals surface area contributed by atoms with E-state index in [0.717, 1.165) is 15.7 Å². The van der Waals surface area contributed by atoms with Crippen molar-refractivity contribution in [1.82, 2.24) is 9.88 Å². The Kier molecular flexibility index (Phi) is 4.97. The molecular weight excluding hydrogens is 404 g/mol. The van der Waals surface area contributed by atoms with Crippen molar-refractivity contribution in [2.24, 2.45) is 0 Å². The number of halogens is 1. The van der Waals surface area contributed by atoms with E-state index in [0.29, 0.717) is 17.7 Å². The molecule has 0 aliphatic carbocycles. The fourth-order valence-corrected chi connectivity index (χ4v) is 5.21. The zero-order chi connectivity index (χ0) is 18.2. The van der Waals surface area contributed by atoms with Gasteiger partial charge in [-0.1, -0.05) is 28.1 Å². The van der Waals surface area contributed by atoms with E-state index in [1.807, 2.05) is 30.3 Å². The van der Waals surface area contributed by atoms with Crippen molar-refractivity contribution >= 4 is 31.7 Å². The third kappa shape index (κ3) is 3.93. The van der Waals surface area contributed by atoms with Gasteiger partial charge in [0.25, 0.3) is 5.91 Å². The SMILES string of the molecule is Cc1nc(-c2cccc(Br)c2)ccc1C(=O)N(C)C1CCS(=O)(=O)C1. The highest BCUT2D eigenvalue weighted by Gasteiger charge is 2.33. The molecule has 2 heterocycles. The molecule has 0 spiro atoms. The van der Waals surface area contributed by atoms with Crippen molar-refractivity contribution in [1.29, 1.82) is 0 Å². The molecule has 0 radical (unpaired) electrons. The highest BCUT2D eigenvalue weighted by molar-refractivity contribution is 9.10. The van der Waals surface area contributed by atoms with Crippen LogP contribution >= 0.6 is 15.9 Å². The summed E-state index contributed by atoms with van der Waals surface area (Å²) in [5.41, 5.74) is 2.90. The number of hydrogen-bond donors (Lipinski definition) is 0. The molecule has 7 heteroatoms. The molecule has 0 bridgehead atoms. The number of sulfone groups is 1. The van der Waals surface area contributed by atoms with Gasteiger partial charge in [-0.25, -0.2) is 8.42 Å². The van der Waals surface area contributed by atoms with Crippen LogP contribution in [0.25, 0.3) is 11.3 Å². The molecular formula is C18H19BrN2O3S. The van der Waals surface area contributed by atoms with Crippen LogP contribution in [0.3, 0.4) is 0 Å². The van der Waals surface area contributed by atoms with Gasteiger partial charge in [0.2, 0.25) is 0 Å². The molecule has 1 atom stereocenters. The standard InChI is InChI=1S/C18H19BrN2O3S/c1-12-16(18(22)21(2)15-8-9-25(23,24)11-15)6-7-17(20-12)13-4-3-5-14(19)10-13/h3-7,10,15H,8-9,11H2,1-2H3. The lowest BCUT2D eigenvalue weighted by Crippen LogP contribution is -2.38. The molecule has 2 aromatic rings. The van der Waals surface area contributed by atoms with Gasteiger partial charge in [0.15, 0.2) is 9.84 Å². The van der Waals surface area contributed by atoms with Crippen molar-refractivity contribution in [3.05, 3.63) is 52.1 Å². The molecule has 1 amide bonds. The summed E-state index contributed by atoms with van der Waals surface area (Å²) in [5, 5.41) is 0. The first-order valence-electron chi connectivity index (χ1n) is 7.98. The van der Waals surface area contributed by atoms with Crippen LogP contribution in [0.4, 0.5) is 0 Å². The predicted molar refractivity (Wildman–Crippen MR) is 101 cm³/mol. The first kappa shape index (κ1) is 18.1. The van der Waals surface area contributed by atoms with Crippen LogP contribution in [-0.4, -0.2) is 48.8 Å². The van der Waals surface area contributed by atoms with Gasteiger partial charge in [-0.15, -0.1) is 0 Å². The third-order valence-electron chi connectivity index (χ3n) is 4.51. The molecule has 1 aliphatic heterocycles. The topological polar surface area (TPSA) is 67.3 Å². The highest BCUT2D eigenvalue weighted by Crippen LogP contribution is 2.24. The molecule has 1 aliphatic rings. The van der Waals surface area contributed by atoms with Gasteiger partial charge in [-0.2, -0.15) is 0 Å². The molecule has 3 rings (SSSR count). The van der Waals surface area contributed by atoms with E-state index in [1.54, 1.807) is 20.0 Å². The van der Waals surface area contributed by atoms with Crippen LogP contribution in [-0.2, 0) is 9.84 Å². The Hall–Kier alpha value is -1.73. The summed E-state index contributed by atoms with van der Waals surface area (Å²) < 4.78 is 24.3. The fourth-order valence-electron chi connectivity index (χ4n) is 3.03. The van der Waals surface area contributed by atoms with E-state index >= 15 is 0 Å². The van der Waals surface area contributed by atoms with Gasteiger partial charge in [0.1, 0.15) is 0 Å². The lowest BCUT2D eigenvalue weighted by molar-refractivity contribution is 0.0746. The first-order chi connectivity index (χ1) is 11.8. The van der Waals surface area contributed by atoms with Gasteiger partial charge in [-0.3, -0.25) is 9.78 Å². The lowest BCUT2D eigenvalue weighted by Gasteiger charge is -2.24. The Labute approximate surface area is 156 Å². The Bertz CT molecular complexity index is 928. The van der Waals surface area contributed by atoms with Crippen LogP contribution in [0.15, 0.2) is 40.9 Å². The predicted octanol–water partition coefficient (Wildman–Crippen LogP) is 3.08. The quantitative estimate of drug-likeness (QED) is 0.761. The molecule has 25 heavy (non-hydrogen) atoms. The minimum atomic E-state index is -3.03. The average Bonchev–Trinajstić information content (AvgIpc) is 2.93. The number of pyridine rings is 1. The number of benzene rings is 1. The van der Waals surface area contributed by atoms with E-state index in [2.05, 4.69) is 20.9 Å².